The molecule has 4 aromatic rings. The Morgan fingerprint density at radius 3 is 1.69 bits per heavy atom. The van der Waals surface area contributed by atoms with Crippen LogP contribution in [0.15, 0.2) is 117 Å². The highest BCUT2D eigenvalue weighted by Crippen LogP contribution is 2.20. The van der Waals surface area contributed by atoms with Crippen molar-refractivity contribution in [3.63, 3.8) is 0 Å². The van der Waals surface area contributed by atoms with Crippen LogP contribution in [-0.2, 0) is 33.1 Å². The van der Waals surface area contributed by atoms with Crippen molar-refractivity contribution >= 4 is 77.0 Å². The lowest BCUT2D eigenvalue weighted by atomic mass is 10.2. The third-order valence-corrected chi connectivity index (χ3v) is 8.64. The number of nitro benzene ring substituents is 2. The molecular weight excluding hydrogens is 708 g/mol. The van der Waals surface area contributed by atoms with Crippen LogP contribution < -0.4 is 0 Å². The third-order valence-electron chi connectivity index (χ3n) is 5.47. The SMILES string of the molecule is O=[N+]([O-])c1cccc(C=CS(=O)Cc2ccc(Br)cc2)c1.O=[N+]([O-])c1ccccc1/C=C/S(=O)Cc1ccc(Br)cc1. The molecule has 0 amide bonds. The number of hydrogen-bond acceptors (Lipinski definition) is 6. The van der Waals surface area contributed by atoms with Crippen LogP contribution in [0, 0.1) is 20.2 Å². The molecule has 0 aliphatic heterocycles. The van der Waals surface area contributed by atoms with Crippen molar-refractivity contribution in [3.05, 3.63) is 159 Å². The largest absolute Gasteiger partial charge is 0.276 e. The minimum absolute atomic E-state index is 0.00870. The van der Waals surface area contributed by atoms with Gasteiger partial charge in [0.25, 0.3) is 11.4 Å². The summed E-state index contributed by atoms with van der Waals surface area (Å²) in [5, 5.41) is 24.6. The van der Waals surface area contributed by atoms with Crippen LogP contribution >= 0.6 is 31.9 Å². The quantitative estimate of drug-likeness (QED) is 0.119. The fourth-order valence-electron chi connectivity index (χ4n) is 3.43. The van der Waals surface area contributed by atoms with Gasteiger partial charge in [0.05, 0.1) is 48.5 Å². The van der Waals surface area contributed by atoms with Crippen molar-refractivity contribution in [1.82, 2.24) is 0 Å². The lowest BCUT2D eigenvalue weighted by Crippen LogP contribution is -1.93. The van der Waals surface area contributed by atoms with Crippen molar-refractivity contribution < 1.29 is 18.3 Å². The molecule has 2 unspecified atom stereocenters. The van der Waals surface area contributed by atoms with Gasteiger partial charge in [-0.25, -0.2) is 0 Å². The maximum Gasteiger partial charge on any atom is 0.276 e. The molecule has 8 nitrogen and oxygen atoms in total. The maximum absolute atomic E-state index is 12.0. The summed E-state index contributed by atoms with van der Waals surface area (Å²) in [7, 11) is -2.38. The number of para-hydroxylation sites is 1. The van der Waals surface area contributed by atoms with Crippen molar-refractivity contribution in [3.8, 4) is 0 Å². The highest BCUT2D eigenvalue weighted by molar-refractivity contribution is 9.10. The highest BCUT2D eigenvalue weighted by Gasteiger charge is 2.10. The number of hydrogen-bond donors (Lipinski definition) is 0. The number of rotatable bonds is 10. The van der Waals surface area contributed by atoms with Crippen LogP contribution in [0.3, 0.4) is 0 Å². The first-order chi connectivity index (χ1) is 20.1. The van der Waals surface area contributed by atoms with Crippen LogP contribution in [0.4, 0.5) is 11.4 Å². The molecule has 12 heteroatoms. The van der Waals surface area contributed by atoms with E-state index in [0.717, 1.165) is 20.1 Å². The Morgan fingerprint density at radius 2 is 1.17 bits per heavy atom. The Hall–Kier alpha value is -3.58. The molecule has 0 saturated carbocycles. The molecule has 0 fully saturated rings. The van der Waals surface area contributed by atoms with Gasteiger partial charge in [-0.2, -0.15) is 0 Å². The summed E-state index contributed by atoms with van der Waals surface area (Å²) in [6, 6.07) is 27.8. The summed E-state index contributed by atoms with van der Waals surface area (Å²) < 4.78 is 25.9. The molecule has 0 aromatic heterocycles. The lowest BCUT2D eigenvalue weighted by Gasteiger charge is -1.99. The van der Waals surface area contributed by atoms with Gasteiger partial charge in [0.1, 0.15) is 0 Å². The molecule has 2 atom stereocenters. The average Bonchev–Trinajstić information content (AvgIpc) is 2.98. The molecule has 216 valence electrons. The fourth-order valence-corrected chi connectivity index (χ4v) is 5.80. The fraction of sp³-hybridized carbons (Fsp3) is 0.0667. The molecule has 0 bridgehead atoms. The van der Waals surface area contributed by atoms with E-state index in [4.69, 9.17) is 0 Å². The first-order valence-corrected chi connectivity index (χ1v) is 16.5. The molecule has 0 aliphatic carbocycles. The third kappa shape index (κ3) is 11.4. The first-order valence-electron chi connectivity index (χ1n) is 12.2. The van der Waals surface area contributed by atoms with Crippen LogP contribution in [0.1, 0.15) is 22.3 Å². The van der Waals surface area contributed by atoms with Crippen LogP contribution in [0.25, 0.3) is 12.2 Å². The summed E-state index contributed by atoms with van der Waals surface area (Å²) >= 11 is 6.69. The number of benzene rings is 4. The van der Waals surface area contributed by atoms with Gasteiger partial charge in [0.2, 0.25) is 0 Å². The molecule has 4 aromatic carbocycles. The molecule has 0 saturated heterocycles. The van der Waals surface area contributed by atoms with E-state index in [1.165, 1.54) is 29.7 Å². The molecule has 0 heterocycles. The van der Waals surface area contributed by atoms with Gasteiger partial charge < -0.3 is 0 Å². The zero-order valence-corrected chi connectivity index (χ0v) is 26.7. The zero-order chi connectivity index (χ0) is 30.5. The van der Waals surface area contributed by atoms with Gasteiger partial charge in [0, 0.05) is 38.0 Å². The zero-order valence-electron chi connectivity index (χ0n) is 21.9. The van der Waals surface area contributed by atoms with Gasteiger partial charge in [-0.3, -0.25) is 28.6 Å². The molecule has 0 radical (unpaired) electrons. The van der Waals surface area contributed by atoms with E-state index >= 15 is 0 Å². The Morgan fingerprint density at radius 1 is 0.643 bits per heavy atom. The molecular formula is C30H24Br2N2O6S2. The van der Waals surface area contributed by atoms with Gasteiger partial charge in [-0.1, -0.05) is 80.4 Å². The highest BCUT2D eigenvalue weighted by atomic mass is 79.9. The van der Waals surface area contributed by atoms with E-state index in [2.05, 4.69) is 31.9 Å². The summed E-state index contributed by atoms with van der Waals surface area (Å²) in [6.07, 6.45) is 3.18. The minimum Gasteiger partial charge on any atom is -0.258 e. The van der Waals surface area contributed by atoms with E-state index < -0.39 is 31.4 Å². The summed E-state index contributed by atoms with van der Waals surface area (Å²) in [4.78, 5) is 20.7. The molecule has 42 heavy (non-hydrogen) atoms. The average molecular weight is 732 g/mol. The summed E-state index contributed by atoms with van der Waals surface area (Å²) in [5.41, 5.74) is 3.06. The predicted molar refractivity (Wildman–Crippen MR) is 176 cm³/mol. The van der Waals surface area contributed by atoms with E-state index in [-0.39, 0.29) is 11.4 Å². The second-order valence-electron chi connectivity index (χ2n) is 8.58. The summed E-state index contributed by atoms with van der Waals surface area (Å²) in [6.45, 7) is 0. The van der Waals surface area contributed by atoms with Crippen molar-refractivity contribution in [1.29, 1.82) is 0 Å². The van der Waals surface area contributed by atoms with Gasteiger partial charge in [0.15, 0.2) is 0 Å². The van der Waals surface area contributed by atoms with Crippen LogP contribution in [-0.4, -0.2) is 18.3 Å². The summed E-state index contributed by atoms with van der Waals surface area (Å²) in [5.74, 6) is 0.795. The lowest BCUT2D eigenvalue weighted by molar-refractivity contribution is -0.385. The van der Waals surface area contributed by atoms with E-state index in [0.29, 0.717) is 22.6 Å². The number of nitro groups is 2. The Bertz CT molecular complexity index is 1640. The van der Waals surface area contributed by atoms with Crippen molar-refractivity contribution in [2.45, 2.75) is 11.5 Å². The Kier molecular flexibility index (Phi) is 13.1. The topological polar surface area (TPSA) is 120 Å². The maximum atomic E-state index is 12.0. The van der Waals surface area contributed by atoms with E-state index in [1.54, 1.807) is 41.8 Å². The Labute approximate surface area is 264 Å². The smallest absolute Gasteiger partial charge is 0.258 e. The first kappa shape index (κ1) is 32.9. The second kappa shape index (κ2) is 16.8. The predicted octanol–water partition coefficient (Wildman–Crippen LogP) is 8.55. The molecule has 0 N–H and O–H groups in total. The normalized spacial score (nSPS) is 12.4. The molecule has 0 aliphatic rings. The van der Waals surface area contributed by atoms with E-state index in [9.17, 15) is 28.6 Å². The van der Waals surface area contributed by atoms with Gasteiger partial charge in [-0.05, 0) is 59.2 Å². The van der Waals surface area contributed by atoms with E-state index in [1.807, 2.05) is 48.5 Å². The minimum atomic E-state index is -1.22. The molecule has 4 rings (SSSR count). The Balaban J connectivity index is 0.000000230. The van der Waals surface area contributed by atoms with Crippen molar-refractivity contribution in [2.24, 2.45) is 0 Å². The number of non-ortho nitro benzene ring substituents is 1. The van der Waals surface area contributed by atoms with Gasteiger partial charge in [-0.15, -0.1) is 0 Å². The van der Waals surface area contributed by atoms with Crippen LogP contribution in [0.5, 0.6) is 0 Å². The van der Waals surface area contributed by atoms with Crippen LogP contribution in [0.2, 0.25) is 0 Å². The van der Waals surface area contributed by atoms with Gasteiger partial charge >= 0.3 is 0 Å². The number of halogens is 2. The standard InChI is InChI=1S/2C15H12BrNO3S/c16-14-6-4-13(5-7-14)11-21(20)9-8-12-2-1-3-15(10-12)17(18)19;16-14-7-5-12(6-8-14)11-21(20)10-9-13-3-1-2-4-15(13)17(18)19/h2*1-10H,11H2/b;10-9+. The molecule has 0 spiro atoms. The number of nitrogens with zero attached hydrogens (tertiary/aromatic N) is 2. The second-order valence-corrected chi connectivity index (χ2v) is 13.1. The monoisotopic (exact) mass is 730 g/mol. The van der Waals surface area contributed by atoms with Crippen molar-refractivity contribution in [2.75, 3.05) is 0 Å².